The van der Waals surface area contributed by atoms with Crippen LogP contribution >= 0.6 is 11.3 Å². The Morgan fingerprint density at radius 2 is 1.58 bits per heavy atom. The van der Waals surface area contributed by atoms with E-state index in [1.165, 1.54) is 46.9 Å². The van der Waals surface area contributed by atoms with Gasteiger partial charge in [0.1, 0.15) is 0 Å². The molecule has 19 heavy (non-hydrogen) atoms. The number of thiophene rings is 1. The van der Waals surface area contributed by atoms with E-state index < -0.39 is 0 Å². The van der Waals surface area contributed by atoms with Crippen molar-refractivity contribution in [2.45, 2.75) is 66.2 Å². The molecule has 1 heterocycles. The summed E-state index contributed by atoms with van der Waals surface area (Å²) in [5.41, 5.74) is 6.22. The maximum Gasteiger partial charge on any atom is 0.0377 e. The molecule has 0 N–H and O–H groups in total. The van der Waals surface area contributed by atoms with Crippen LogP contribution in [0.4, 0.5) is 0 Å². The number of hydrogen-bond donors (Lipinski definition) is 0. The zero-order valence-electron chi connectivity index (χ0n) is 13.0. The zero-order valence-corrected chi connectivity index (χ0v) is 13.8. The van der Waals surface area contributed by atoms with E-state index in [1.807, 2.05) is 11.3 Å². The molecule has 0 aliphatic carbocycles. The monoisotopic (exact) mass is 274 g/mol. The fourth-order valence-corrected chi connectivity index (χ4v) is 4.45. The summed E-state index contributed by atoms with van der Waals surface area (Å²) in [5.74, 6) is 0.748. The van der Waals surface area contributed by atoms with Crippen LogP contribution in [0.5, 0.6) is 0 Å². The molecule has 1 aromatic carbocycles. The van der Waals surface area contributed by atoms with E-state index in [1.54, 1.807) is 11.1 Å². The number of benzene rings is 1. The first-order chi connectivity index (χ1) is 9.11. The SMILES string of the molecule is CCCC(CCC)c1c(C)c(C)c2sccc2c1C. The Morgan fingerprint density at radius 1 is 0.947 bits per heavy atom. The third-order valence-corrected chi connectivity index (χ3v) is 5.50. The molecule has 0 saturated carbocycles. The van der Waals surface area contributed by atoms with E-state index >= 15 is 0 Å². The molecular formula is C18H26S. The molecule has 104 valence electrons. The molecule has 0 bridgehead atoms. The van der Waals surface area contributed by atoms with E-state index in [0.29, 0.717) is 0 Å². The molecule has 0 radical (unpaired) electrons. The van der Waals surface area contributed by atoms with Crippen LogP contribution in [0, 0.1) is 20.8 Å². The van der Waals surface area contributed by atoms with Crippen LogP contribution in [0.15, 0.2) is 11.4 Å². The maximum atomic E-state index is 2.33. The van der Waals surface area contributed by atoms with E-state index in [-0.39, 0.29) is 0 Å². The Bertz CT molecular complexity index is 557. The Morgan fingerprint density at radius 3 is 2.16 bits per heavy atom. The summed E-state index contributed by atoms with van der Waals surface area (Å²) in [5, 5.41) is 3.73. The summed E-state index contributed by atoms with van der Waals surface area (Å²) in [6.07, 6.45) is 5.21. The normalized spacial score (nSPS) is 11.7. The van der Waals surface area contributed by atoms with Crippen LogP contribution in [-0.4, -0.2) is 0 Å². The van der Waals surface area contributed by atoms with Gasteiger partial charge in [-0.1, -0.05) is 26.7 Å². The highest BCUT2D eigenvalue weighted by atomic mass is 32.1. The fourth-order valence-electron chi connectivity index (χ4n) is 3.44. The van der Waals surface area contributed by atoms with Gasteiger partial charge in [0.15, 0.2) is 0 Å². The van der Waals surface area contributed by atoms with Crippen molar-refractivity contribution in [3.63, 3.8) is 0 Å². The topological polar surface area (TPSA) is 0 Å². The lowest BCUT2D eigenvalue weighted by atomic mass is 9.82. The molecule has 0 aliphatic rings. The molecule has 1 heteroatoms. The van der Waals surface area contributed by atoms with Crippen molar-refractivity contribution in [3.05, 3.63) is 33.7 Å². The minimum absolute atomic E-state index is 0.748. The van der Waals surface area contributed by atoms with Gasteiger partial charge < -0.3 is 0 Å². The summed E-state index contributed by atoms with van der Waals surface area (Å²) in [6, 6.07) is 2.31. The van der Waals surface area contributed by atoms with Crippen LogP contribution in [0.2, 0.25) is 0 Å². The van der Waals surface area contributed by atoms with Gasteiger partial charge in [-0.3, -0.25) is 0 Å². The first-order valence-corrected chi connectivity index (χ1v) is 8.46. The largest absolute Gasteiger partial charge is 0.144 e. The molecule has 0 aliphatic heterocycles. The summed E-state index contributed by atoms with van der Waals surface area (Å²) in [7, 11) is 0. The summed E-state index contributed by atoms with van der Waals surface area (Å²) < 4.78 is 1.49. The van der Waals surface area contributed by atoms with Gasteiger partial charge >= 0.3 is 0 Å². The minimum atomic E-state index is 0.748. The van der Waals surface area contributed by atoms with E-state index in [4.69, 9.17) is 0 Å². The lowest BCUT2D eigenvalue weighted by Crippen LogP contribution is -2.05. The van der Waals surface area contributed by atoms with Gasteiger partial charge in [0.2, 0.25) is 0 Å². The molecule has 1 aromatic heterocycles. The van der Waals surface area contributed by atoms with E-state index in [0.717, 1.165) is 5.92 Å². The lowest BCUT2D eigenvalue weighted by Gasteiger charge is -2.23. The average molecular weight is 274 g/mol. The maximum absolute atomic E-state index is 2.33. The fraction of sp³-hybridized carbons (Fsp3) is 0.556. The zero-order chi connectivity index (χ0) is 14.0. The van der Waals surface area contributed by atoms with Gasteiger partial charge in [0.05, 0.1) is 0 Å². The number of hydrogen-bond acceptors (Lipinski definition) is 1. The van der Waals surface area contributed by atoms with Crippen molar-refractivity contribution >= 4 is 21.4 Å². The van der Waals surface area contributed by atoms with E-state index in [9.17, 15) is 0 Å². The Balaban J connectivity index is 2.63. The van der Waals surface area contributed by atoms with Gasteiger partial charge in [0, 0.05) is 4.70 Å². The van der Waals surface area contributed by atoms with Gasteiger partial charge in [-0.25, -0.2) is 0 Å². The van der Waals surface area contributed by atoms with Crippen LogP contribution in [0.1, 0.15) is 67.7 Å². The predicted octanol–water partition coefficient (Wildman–Crippen LogP) is 6.51. The molecule has 0 spiro atoms. The standard InChI is InChI=1S/C18H26S/c1-6-8-15(9-7-2)17-12(3)13(4)18-16(14(17)5)10-11-19-18/h10-11,15H,6-9H2,1-5H3. The van der Waals surface area contributed by atoms with Crippen molar-refractivity contribution in [2.24, 2.45) is 0 Å². The molecule has 0 saturated heterocycles. The number of rotatable bonds is 5. The molecule has 0 unspecified atom stereocenters. The van der Waals surface area contributed by atoms with Crippen molar-refractivity contribution in [1.82, 2.24) is 0 Å². The van der Waals surface area contributed by atoms with Crippen molar-refractivity contribution < 1.29 is 0 Å². The number of aryl methyl sites for hydroxylation is 2. The quantitative estimate of drug-likeness (QED) is 0.583. The van der Waals surface area contributed by atoms with Crippen molar-refractivity contribution in [2.75, 3.05) is 0 Å². The smallest absolute Gasteiger partial charge is 0.0377 e. The second kappa shape index (κ2) is 6.09. The predicted molar refractivity (Wildman–Crippen MR) is 88.6 cm³/mol. The second-order valence-corrected chi connectivity index (χ2v) is 6.64. The van der Waals surface area contributed by atoms with Crippen molar-refractivity contribution in [1.29, 1.82) is 0 Å². The van der Waals surface area contributed by atoms with Crippen LogP contribution < -0.4 is 0 Å². The molecule has 0 atom stereocenters. The highest BCUT2D eigenvalue weighted by molar-refractivity contribution is 7.17. The second-order valence-electron chi connectivity index (χ2n) is 5.73. The number of fused-ring (bicyclic) bond motifs is 1. The first kappa shape index (κ1) is 14.6. The Kier molecular flexibility index (Phi) is 4.67. The van der Waals surface area contributed by atoms with Crippen LogP contribution in [0.3, 0.4) is 0 Å². The molecular weight excluding hydrogens is 248 g/mol. The Labute approximate surface area is 121 Å². The molecule has 2 aromatic rings. The Hall–Kier alpha value is -0.820. The van der Waals surface area contributed by atoms with Gasteiger partial charge in [-0.15, -0.1) is 11.3 Å². The first-order valence-electron chi connectivity index (χ1n) is 7.58. The van der Waals surface area contributed by atoms with Crippen LogP contribution in [0.25, 0.3) is 10.1 Å². The summed E-state index contributed by atoms with van der Waals surface area (Å²) in [6.45, 7) is 11.6. The third-order valence-electron chi connectivity index (χ3n) is 4.46. The minimum Gasteiger partial charge on any atom is -0.144 e. The third kappa shape index (κ3) is 2.58. The highest BCUT2D eigenvalue weighted by Gasteiger charge is 2.19. The van der Waals surface area contributed by atoms with E-state index in [2.05, 4.69) is 46.1 Å². The summed E-state index contributed by atoms with van der Waals surface area (Å²) >= 11 is 1.89. The van der Waals surface area contributed by atoms with Crippen molar-refractivity contribution in [3.8, 4) is 0 Å². The molecule has 0 nitrogen and oxygen atoms in total. The molecule has 0 amide bonds. The van der Waals surface area contributed by atoms with Gasteiger partial charge in [-0.05, 0) is 78.6 Å². The van der Waals surface area contributed by atoms with Gasteiger partial charge in [0.25, 0.3) is 0 Å². The average Bonchev–Trinajstić information content (AvgIpc) is 2.86. The molecule has 2 rings (SSSR count). The highest BCUT2D eigenvalue weighted by Crippen LogP contribution is 2.39. The lowest BCUT2D eigenvalue weighted by molar-refractivity contribution is 0.556. The van der Waals surface area contributed by atoms with Gasteiger partial charge in [-0.2, -0.15) is 0 Å². The van der Waals surface area contributed by atoms with Crippen LogP contribution in [-0.2, 0) is 0 Å². The molecule has 0 fully saturated rings. The summed E-state index contributed by atoms with van der Waals surface area (Å²) in [4.78, 5) is 0.